The predicted molar refractivity (Wildman–Crippen MR) is 71.7 cm³/mol. The zero-order valence-electron chi connectivity index (χ0n) is 8.53. The minimum atomic E-state index is -0.401. The predicted octanol–water partition coefficient (Wildman–Crippen LogP) is 2.69. The van der Waals surface area contributed by atoms with Crippen LogP contribution in [0.5, 0.6) is 0 Å². The summed E-state index contributed by atoms with van der Waals surface area (Å²) in [6, 6.07) is 5.67. The largest absolute Gasteiger partial charge is 0.268 e. The Morgan fingerprint density at radius 1 is 1.41 bits per heavy atom. The number of nitrogens with zero attached hydrogens (tertiary/aromatic N) is 2. The van der Waals surface area contributed by atoms with E-state index in [1.807, 2.05) is 22.6 Å². The van der Waals surface area contributed by atoms with Gasteiger partial charge in [0.1, 0.15) is 5.82 Å². The molecule has 2 rings (SSSR count). The maximum atomic E-state index is 13.5. The van der Waals surface area contributed by atoms with Gasteiger partial charge in [0.05, 0.1) is 12.7 Å². The molecule has 3 nitrogen and oxygen atoms in total. The highest BCUT2D eigenvalue weighted by atomic mass is 127. The van der Waals surface area contributed by atoms with Crippen LogP contribution >= 0.6 is 34.2 Å². The molecule has 0 aliphatic carbocycles. The first-order valence-corrected chi connectivity index (χ1v) is 6.18. The zero-order chi connectivity index (χ0) is 12.4. The smallest absolute Gasteiger partial charge is 0.268 e. The van der Waals surface area contributed by atoms with E-state index in [9.17, 15) is 9.18 Å². The first-order chi connectivity index (χ1) is 8.06. The SMILES string of the molecule is O=c1cc(I)cnn1Cc1cc(Cl)ccc1F. The second-order valence-corrected chi connectivity index (χ2v) is 5.09. The van der Waals surface area contributed by atoms with Crippen LogP contribution in [0.4, 0.5) is 4.39 Å². The summed E-state index contributed by atoms with van der Waals surface area (Å²) in [7, 11) is 0. The summed E-state index contributed by atoms with van der Waals surface area (Å²) in [6.45, 7) is 0.0716. The fourth-order valence-corrected chi connectivity index (χ4v) is 1.94. The third-order valence-corrected chi connectivity index (χ3v) is 2.99. The van der Waals surface area contributed by atoms with Crippen LogP contribution in [0, 0.1) is 9.39 Å². The summed E-state index contributed by atoms with van der Waals surface area (Å²) < 4.78 is 15.4. The monoisotopic (exact) mass is 364 g/mol. The van der Waals surface area contributed by atoms with Gasteiger partial charge in [0.25, 0.3) is 5.56 Å². The summed E-state index contributed by atoms with van der Waals surface area (Å²) in [5.41, 5.74) is 0.0737. The molecule has 0 aliphatic heterocycles. The third kappa shape index (κ3) is 3.04. The summed E-state index contributed by atoms with van der Waals surface area (Å²) in [4.78, 5) is 11.6. The van der Waals surface area contributed by atoms with Gasteiger partial charge in [-0.2, -0.15) is 5.10 Å². The first kappa shape index (κ1) is 12.5. The lowest BCUT2D eigenvalue weighted by Gasteiger charge is -2.06. The minimum absolute atomic E-state index is 0.0716. The first-order valence-electron chi connectivity index (χ1n) is 4.73. The summed E-state index contributed by atoms with van der Waals surface area (Å²) in [6.07, 6.45) is 1.55. The van der Waals surface area contributed by atoms with E-state index in [0.717, 1.165) is 3.57 Å². The van der Waals surface area contributed by atoms with Gasteiger partial charge < -0.3 is 0 Å². The van der Waals surface area contributed by atoms with Crippen LogP contribution in [0.3, 0.4) is 0 Å². The average molecular weight is 365 g/mol. The van der Waals surface area contributed by atoms with E-state index >= 15 is 0 Å². The Labute approximate surface area is 115 Å². The molecule has 0 unspecified atom stereocenters. The minimum Gasteiger partial charge on any atom is -0.268 e. The second-order valence-electron chi connectivity index (χ2n) is 3.41. The van der Waals surface area contributed by atoms with Crippen molar-refractivity contribution in [2.45, 2.75) is 6.54 Å². The lowest BCUT2D eigenvalue weighted by atomic mass is 10.2. The number of halogens is 3. The maximum absolute atomic E-state index is 13.5. The molecule has 0 spiro atoms. The van der Waals surface area contributed by atoms with Crippen molar-refractivity contribution in [2.24, 2.45) is 0 Å². The number of aromatic nitrogens is 2. The fourth-order valence-electron chi connectivity index (χ4n) is 1.36. The van der Waals surface area contributed by atoms with Crippen LogP contribution in [-0.4, -0.2) is 9.78 Å². The van der Waals surface area contributed by atoms with Gasteiger partial charge >= 0.3 is 0 Å². The van der Waals surface area contributed by atoms with E-state index in [4.69, 9.17) is 11.6 Å². The molecule has 6 heteroatoms. The van der Waals surface area contributed by atoms with Crippen molar-refractivity contribution in [3.8, 4) is 0 Å². The Bertz CT molecular complexity index is 615. The Balaban J connectivity index is 2.38. The van der Waals surface area contributed by atoms with E-state index in [1.165, 1.54) is 28.9 Å². The molecular weight excluding hydrogens is 357 g/mol. The Hall–Kier alpha value is -0.950. The molecule has 1 aromatic carbocycles. The lowest BCUT2D eigenvalue weighted by molar-refractivity contribution is 0.571. The van der Waals surface area contributed by atoms with Gasteiger partial charge in [-0.05, 0) is 40.8 Å². The van der Waals surface area contributed by atoms with Crippen molar-refractivity contribution in [1.82, 2.24) is 9.78 Å². The number of rotatable bonds is 2. The van der Waals surface area contributed by atoms with Gasteiger partial charge in [-0.25, -0.2) is 9.07 Å². The second kappa shape index (κ2) is 5.14. The molecule has 0 saturated carbocycles. The Morgan fingerprint density at radius 2 is 2.18 bits per heavy atom. The van der Waals surface area contributed by atoms with Crippen LogP contribution in [0.1, 0.15) is 5.56 Å². The quantitative estimate of drug-likeness (QED) is 0.768. The van der Waals surface area contributed by atoms with Crippen molar-refractivity contribution in [1.29, 1.82) is 0 Å². The fraction of sp³-hybridized carbons (Fsp3) is 0.0909. The van der Waals surface area contributed by atoms with Gasteiger partial charge in [-0.1, -0.05) is 11.6 Å². The summed E-state index contributed by atoms with van der Waals surface area (Å²) >= 11 is 7.77. The average Bonchev–Trinajstić information content (AvgIpc) is 2.27. The zero-order valence-corrected chi connectivity index (χ0v) is 11.4. The van der Waals surface area contributed by atoms with Gasteiger partial charge in [-0.15, -0.1) is 0 Å². The van der Waals surface area contributed by atoms with Crippen molar-refractivity contribution in [2.75, 3.05) is 0 Å². The van der Waals surface area contributed by atoms with E-state index < -0.39 is 5.82 Å². The van der Waals surface area contributed by atoms with Gasteiger partial charge in [0.15, 0.2) is 0 Å². The number of hydrogen-bond donors (Lipinski definition) is 0. The Kier molecular flexibility index (Phi) is 3.78. The number of hydrogen-bond acceptors (Lipinski definition) is 2. The van der Waals surface area contributed by atoms with E-state index in [0.29, 0.717) is 10.6 Å². The van der Waals surface area contributed by atoms with Crippen LogP contribution in [0.15, 0.2) is 35.3 Å². The van der Waals surface area contributed by atoms with Crippen LogP contribution in [0.2, 0.25) is 5.02 Å². The molecule has 1 aromatic heterocycles. The van der Waals surface area contributed by atoms with E-state index in [2.05, 4.69) is 5.10 Å². The highest BCUT2D eigenvalue weighted by molar-refractivity contribution is 14.1. The molecule has 1 heterocycles. The molecule has 0 saturated heterocycles. The lowest BCUT2D eigenvalue weighted by Crippen LogP contribution is -2.23. The molecule has 0 aliphatic rings. The van der Waals surface area contributed by atoms with Crippen LogP contribution < -0.4 is 5.56 Å². The molecule has 0 fully saturated rings. The third-order valence-electron chi connectivity index (χ3n) is 2.16. The molecular formula is C11H7ClFIN2O. The van der Waals surface area contributed by atoms with Crippen LogP contribution in [0.25, 0.3) is 0 Å². The molecule has 17 heavy (non-hydrogen) atoms. The number of benzene rings is 1. The van der Waals surface area contributed by atoms with Gasteiger partial charge in [-0.3, -0.25) is 4.79 Å². The highest BCUT2D eigenvalue weighted by Crippen LogP contribution is 2.15. The summed E-state index contributed by atoms with van der Waals surface area (Å²) in [5, 5.41) is 4.36. The van der Waals surface area contributed by atoms with Crippen molar-refractivity contribution in [3.05, 3.63) is 60.8 Å². The van der Waals surface area contributed by atoms with Crippen LogP contribution in [-0.2, 0) is 6.54 Å². The van der Waals surface area contributed by atoms with Gasteiger partial charge in [0.2, 0.25) is 0 Å². The van der Waals surface area contributed by atoms with Crippen molar-refractivity contribution < 1.29 is 4.39 Å². The van der Waals surface area contributed by atoms with Crippen molar-refractivity contribution in [3.63, 3.8) is 0 Å². The molecule has 0 amide bonds. The van der Waals surface area contributed by atoms with Gasteiger partial charge in [0, 0.05) is 20.2 Å². The normalized spacial score (nSPS) is 10.5. The maximum Gasteiger partial charge on any atom is 0.268 e. The standard InChI is InChI=1S/C11H7ClFIN2O/c12-8-1-2-10(13)7(3-8)6-16-11(17)4-9(14)5-15-16/h1-5H,6H2. The molecule has 2 aromatic rings. The van der Waals surface area contributed by atoms with E-state index in [1.54, 1.807) is 6.20 Å². The molecule has 0 atom stereocenters. The molecule has 88 valence electrons. The molecule has 0 bridgehead atoms. The Morgan fingerprint density at radius 3 is 2.88 bits per heavy atom. The van der Waals surface area contributed by atoms with Crippen molar-refractivity contribution >= 4 is 34.2 Å². The van der Waals surface area contributed by atoms with E-state index in [-0.39, 0.29) is 12.1 Å². The summed E-state index contributed by atoms with van der Waals surface area (Å²) in [5.74, 6) is -0.401. The molecule has 0 N–H and O–H groups in total. The highest BCUT2D eigenvalue weighted by Gasteiger charge is 2.06. The topological polar surface area (TPSA) is 34.9 Å². The molecule has 0 radical (unpaired) electrons.